The molecule has 0 unspecified atom stereocenters. The van der Waals surface area contributed by atoms with Crippen LogP contribution in [-0.2, 0) is 51.9 Å². The Hall–Kier alpha value is -4.35. The van der Waals surface area contributed by atoms with Crippen LogP contribution >= 0.6 is 54.5 Å². The molecule has 0 saturated carbocycles. The van der Waals surface area contributed by atoms with Gasteiger partial charge >= 0.3 is 7.12 Å². The number of hydrogen-bond acceptors (Lipinski definition) is 14. The molecule has 0 bridgehead atoms. The summed E-state index contributed by atoms with van der Waals surface area (Å²) in [6.45, 7) is 18.8. The van der Waals surface area contributed by atoms with E-state index in [0.717, 1.165) is 119 Å². The zero-order valence-electron chi connectivity index (χ0n) is 41.3. The summed E-state index contributed by atoms with van der Waals surface area (Å²) in [5, 5.41) is 10.5. The van der Waals surface area contributed by atoms with Crippen molar-refractivity contribution < 1.29 is 35.6 Å². The highest BCUT2D eigenvalue weighted by Gasteiger charge is 2.52. The number of halogens is 3. The predicted molar refractivity (Wildman–Crippen MR) is 313 cm³/mol. The maximum atomic E-state index is 13.3. The van der Waals surface area contributed by atoms with E-state index in [2.05, 4.69) is 112 Å². The molecule has 24 heteroatoms. The standard InChI is InChI=1S/C22H22BrN5O3S.C15H26BN3O3.C13H8BrIN2O2S.2CH4/c23-18-12-20-21(17-13-25-27(15-17)7-6-26-8-10-31-11-9-26)16-28(22(20)24-14-18)32(29,30)19-4-2-1-3-5-19;1-14(2)15(3,4)22-16(21-14)13-11-17-19(12-13)6-5-18-7-9-20-10-8-18;14-9-6-11-12(15)8-17(13(11)16-7-9)20(18,19)10-4-2-1-3-5-10;;/h1-5,12-16H,6-11H2;11-12H,5-10H2,1-4H3;1-8H;2*1H4. The molecule has 0 atom stereocenters. The number of pyridine rings is 2. The third-order valence-corrected chi connectivity index (χ3v) is 18.4. The lowest BCUT2D eigenvalue weighted by molar-refractivity contribution is 0.00578. The summed E-state index contributed by atoms with van der Waals surface area (Å²) in [5.74, 6) is 0. The first kappa shape index (κ1) is 59.3. The molecule has 406 valence electrons. The summed E-state index contributed by atoms with van der Waals surface area (Å²) in [6, 6.07) is 20.5. The van der Waals surface area contributed by atoms with Crippen molar-refractivity contribution in [2.45, 2.75) is 76.6 Å². The highest BCUT2D eigenvalue weighted by molar-refractivity contribution is 14.1. The Kier molecular flexibility index (Phi) is 19.7. The van der Waals surface area contributed by atoms with Gasteiger partial charge in [0.05, 0.1) is 66.7 Å². The molecule has 3 fully saturated rings. The molecular formula is C52H64BBr2IN10O8S2. The van der Waals surface area contributed by atoms with Gasteiger partial charge in [0.25, 0.3) is 20.0 Å². The van der Waals surface area contributed by atoms with E-state index in [-0.39, 0.29) is 43.0 Å². The van der Waals surface area contributed by atoms with Gasteiger partial charge in [0.1, 0.15) is 0 Å². The number of fused-ring (bicyclic) bond motifs is 2. The van der Waals surface area contributed by atoms with Crippen LogP contribution in [0.15, 0.2) is 141 Å². The van der Waals surface area contributed by atoms with Crippen LogP contribution in [0.25, 0.3) is 33.2 Å². The van der Waals surface area contributed by atoms with Gasteiger partial charge in [-0.1, -0.05) is 51.3 Å². The Morgan fingerprint density at radius 3 is 1.55 bits per heavy atom. The van der Waals surface area contributed by atoms with Crippen molar-refractivity contribution in [3.8, 4) is 11.1 Å². The molecule has 11 rings (SSSR count). The number of aromatic nitrogens is 8. The minimum atomic E-state index is -3.79. The molecule has 3 aliphatic rings. The molecular weight excluding hydrogens is 1250 g/mol. The van der Waals surface area contributed by atoms with Crippen LogP contribution in [0.2, 0.25) is 0 Å². The van der Waals surface area contributed by atoms with Gasteiger partial charge in [0.15, 0.2) is 11.3 Å². The first-order chi connectivity index (χ1) is 35.4. The fraction of sp³-hybridized carbons (Fsp3) is 0.385. The molecule has 8 aromatic rings. The molecule has 3 aliphatic heterocycles. The average Bonchev–Trinajstić information content (AvgIpc) is 4.25. The summed E-state index contributed by atoms with van der Waals surface area (Å²) >= 11 is 8.92. The number of ether oxygens (including phenoxy) is 2. The van der Waals surface area contributed by atoms with Crippen molar-refractivity contribution in [1.82, 2.24) is 47.3 Å². The second-order valence-corrected chi connectivity index (χ2v) is 25.4. The third kappa shape index (κ3) is 13.4. The highest BCUT2D eigenvalue weighted by Crippen LogP contribution is 2.37. The monoisotopic (exact) mass is 1320 g/mol. The van der Waals surface area contributed by atoms with Gasteiger partial charge in [-0.2, -0.15) is 10.2 Å². The maximum absolute atomic E-state index is 13.3. The molecule has 0 N–H and O–H groups in total. The lowest BCUT2D eigenvalue weighted by Gasteiger charge is -2.32. The molecule has 18 nitrogen and oxygen atoms in total. The molecule has 0 amide bonds. The second kappa shape index (κ2) is 25.2. The summed E-state index contributed by atoms with van der Waals surface area (Å²) in [6.07, 6.45) is 14.0. The van der Waals surface area contributed by atoms with Crippen molar-refractivity contribution in [2.24, 2.45) is 0 Å². The van der Waals surface area contributed by atoms with Crippen molar-refractivity contribution in [3.63, 3.8) is 0 Å². The van der Waals surface area contributed by atoms with Crippen molar-refractivity contribution in [2.75, 3.05) is 65.7 Å². The normalized spacial score (nSPS) is 16.8. The molecule has 2 aromatic carbocycles. The third-order valence-electron chi connectivity index (χ3n) is 13.3. The van der Waals surface area contributed by atoms with E-state index in [0.29, 0.717) is 11.3 Å². The van der Waals surface area contributed by atoms with E-state index in [9.17, 15) is 16.8 Å². The van der Waals surface area contributed by atoms with Crippen molar-refractivity contribution in [1.29, 1.82) is 0 Å². The zero-order chi connectivity index (χ0) is 52.3. The van der Waals surface area contributed by atoms with Crippen LogP contribution in [0.5, 0.6) is 0 Å². The van der Waals surface area contributed by atoms with Crippen LogP contribution in [0.4, 0.5) is 0 Å². The summed E-state index contributed by atoms with van der Waals surface area (Å²) in [5.41, 5.74) is 2.79. The fourth-order valence-electron chi connectivity index (χ4n) is 8.44. The zero-order valence-corrected chi connectivity index (χ0v) is 48.3. The van der Waals surface area contributed by atoms with E-state index in [4.69, 9.17) is 18.8 Å². The first-order valence-corrected chi connectivity index (χ1v) is 29.6. The second-order valence-electron chi connectivity index (χ2n) is 18.8. The molecule has 6 aromatic heterocycles. The predicted octanol–water partition coefficient (Wildman–Crippen LogP) is 8.66. The summed E-state index contributed by atoms with van der Waals surface area (Å²) in [7, 11) is -7.75. The Labute approximate surface area is 476 Å². The molecule has 9 heterocycles. The van der Waals surface area contributed by atoms with E-state index < -0.39 is 20.0 Å². The Bertz CT molecular complexity index is 3420. The Morgan fingerprint density at radius 2 is 1.04 bits per heavy atom. The lowest BCUT2D eigenvalue weighted by atomic mass is 9.82. The van der Waals surface area contributed by atoms with Crippen molar-refractivity contribution in [3.05, 3.63) is 135 Å². The van der Waals surface area contributed by atoms with Crippen LogP contribution in [0, 0.1) is 3.57 Å². The van der Waals surface area contributed by atoms with Gasteiger partial charge in [-0.25, -0.2) is 34.7 Å². The Balaban J connectivity index is 0.000000170. The lowest BCUT2D eigenvalue weighted by Crippen LogP contribution is -2.41. The van der Waals surface area contributed by atoms with Crippen LogP contribution < -0.4 is 5.46 Å². The maximum Gasteiger partial charge on any atom is 0.498 e. The van der Waals surface area contributed by atoms with Gasteiger partial charge < -0.3 is 18.8 Å². The minimum Gasteiger partial charge on any atom is -0.399 e. The summed E-state index contributed by atoms with van der Waals surface area (Å²) in [4.78, 5) is 13.9. The quantitative estimate of drug-likeness (QED) is 0.0837. The minimum absolute atomic E-state index is 0. The fourth-order valence-corrected chi connectivity index (χ4v) is 12.7. The van der Waals surface area contributed by atoms with Gasteiger partial charge in [0, 0.05) is 123 Å². The van der Waals surface area contributed by atoms with Crippen LogP contribution in [0.3, 0.4) is 0 Å². The molecule has 0 spiro atoms. The molecule has 0 aliphatic carbocycles. The molecule has 0 radical (unpaired) electrons. The van der Waals surface area contributed by atoms with E-state index in [1.807, 2.05) is 40.1 Å². The van der Waals surface area contributed by atoms with Crippen LogP contribution in [-0.4, -0.2) is 148 Å². The molecule has 76 heavy (non-hydrogen) atoms. The summed E-state index contributed by atoms with van der Waals surface area (Å²) < 4.78 is 83.6. The smallest absolute Gasteiger partial charge is 0.399 e. The number of benzene rings is 2. The SMILES string of the molecule is C.C.CC1(C)OB(c2cnn(CCN3CCOCC3)c2)OC1(C)C.O=S(=O)(c1ccccc1)n1cc(-c2cnn(CCN3CCOCC3)c2)c2cc(Br)cnc21.O=S(=O)(c1ccccc1)n1cc(I)c2cc(Br)cnc21. The first-order valence-electron chi connectivity index (χ1n) is 24.0. The van der Waals surface area contributed by atoms with Gasteiger partial charge in [-0.3, -0.25) is 19.2 Å². The van der Waals surface area contributed by atoms with Crippen molar-refractivity contribution >= 4 is 109 Å². The largest absolute Gasteiger partial charge is 0.498 e. The number of hydrogen-bond donors (Lipinski definition) is 0. The highest BCUT2D eigenvalue weighted by atomic mass is 127. The van der Waals surface area contributed by atoms with Gasteiger partial charge in [-0.05, 0) is 119 Å². The Morgan fingerprint density at radius 1 is 0.592 bits per heavy atom. The topological polar surface area (TPSA) is 183 Å². The molecule has 3 saturated heterocycles. The number of nitrogens with zero attached hydrogens (tertiary/aromatic N) is 10. The average molecular weight is 1320 g/mol. The van der Waals surface area contributed by atoms with E-state index >= 15 is 0 Å². The van der Waals surface area contributed by atoms with E-state index in [1.54, 1.807) is 91.6 Å². The number of rotatable bonds is 12. The van der Waals surface area contributed by atoms with Gasteiger partial charge in [-0.15, -0.1) is 0 Å². The number of morpholine rings is 2. The van der Waals surface area contributed by atoms with Crippen LogP contribution in [0.1, 0.15) is 42.5 Å². The van der Waals surface area contributed by atoms with E-state index in [1.165, 1.54) is 7.94 Å². The van der Waals surface area contributed by atoms with Gasteiger partial charge in [0.2, 0.25) is 0 Å².